The Morgan fingerprint density at radius 2 is 1.96 bits per heavy atom. The lowest BCUT2D eigenvalue weighted by molar-refractivity contribution is 0.389. The third-order valence-electron chi connectivity index (χ3n) is 4.34. The number of ether oxygens (including phenoxy) is 1. The molecule has 0 amide bonds. The second kappa shape index (κ2) is 7.61. The van der Waals surface area contributed by atoms with Crippen molar-refractivity contribution in [2.45, 2.75) is 6.54 Å². The molecule has 9 heteroatoms. The van der Waals surface area contributed by atoms with Crippen LogP contribution in [-0.2, 0) is 6.54 Å². The number of nitrogens with one attached hydrogen (secondary N) is 1. The Balaban J connectivity index is 1.88. The molecule has 1 aromatic carbocycles. The lowest BCUT2D eigenvalue weighted by Gasteiger charge is -2.12. The molecule has 0 fully saturated rings. The van der Waals surface area contributed by atoms with Gasteiger partial charge in [-0.05, 0) is 37.9 Å². The molecule has 0 saturated carbocycles. The van der Waals surface area contributed by atoms with E-state index in [2.05, 4.69) is 40.3 Å². The molecule has 4 rings (SSSR count). The van der Waals surface area contributed by atoms with Crippen LogP contribution in [0.1, 0.15) is 5.82 Å². The van der Waals surface area contributed by atoms with E-state index in [1.807, 2.05) is 44.7 Å². The second-order valence-corrected chi connectivity index (χ2v) is 7.21. The smallest absolute Gasteiger partial charge is 0.237 e. The highest BCUT2D eigenvalue weighted by atomic mass is 32.2. The Kier molecular flexibility index (Phi) is 5.01. The van der Waals surface area contributed by atoms with E-state index in [-0.39, 0.29) is 0 Å². The predicted molar refractivity (Wildman–Crippen MR) is 113 cm³/mol. The van der Waals surface area contributed by atoms with E-state index in [0.717, 1.165) is 39.3 Å². The quantitative estimate of drug-likeness (QED) is 0.499. The van der Waals surface area contributed by atoms with Gasteiger partial charge in [0.15, 0.2) is 11.5 Å². The Hall–Kier alpha value is -2.91. The molecule has 0 aliphatic carbocycles. The Morgan fingerprint density at radius 3 is 2.71 bits per heavy atom. The van der Waals surface area contributed by atoms with Crippen LogP contribution < -0.4 is 9.46 Å². The van der Waals surface area contributed by atoms with Crippen LogP contribution in [0.25, 0.3) is 27.8 Å². The van der Waals surface area contributed by atoms with Crippen molar-refractivity contribution in [1.29, 1.82) is 0 Å². The van der Waals surface area contributed by atoms with Gasteiger partial charge < -0.3 is 14.4 Å². The zero-order valence-corrected chi connectivity index (χ0v) is 17.0. The number of fused-ring (bicyclic) bond motifs is 3. The Bertz CT molecular complexity index is 1140. The number of aromatic nitrogens is 5. The largest absolute Gasteiger partial charge is 0.480 e. The number of benzene rings is 1. The van der Waals surface area contributed by atoms with Crippen LogP contribution in [0.4, 0.5) is 5.69 Å². The average Bonchev–Trinajstić information content (AvgIpc) is 3.10. The maximum atomic E-state index is 5.34. The molecule has 0 aliphatic heterocycles. The summed E-state index contributed by atoms with van der Waals surface area (Å²) >= 11 is 1.50. The zero-order valence-electron chi connectivity index (χ0n) is 16.2. The highest BCUT2D eigenvalue weighted by molar-refractivity contribution is 7.99. The van der Waals surface area contributed by atoms with Crippen LogP contribution >= 0.6 is 11.9 Å². The first-order valence-corrected chi connectivity index (χ1v) is 9.94. The van der Waals surface area contributed by atoms with Crippen LogP contribution in [0.2, 0.25) is 0 Å². The van der Waals surface area contributed by atoms with Crippen molar-refractivity contribution >= 4 is 34.3 Å². The van der Waals surface area contributed by atoms with Gasteiger partial charge in [0.05, 0.1) is 30.9 Å². The molecule has 8 nitrogen and oxygen atoms in total. The number of anilines is 1. The minimum absolute atomic E-state index is 0.565. The number of pyridine rings is 1. The van der Waals surface area contributed by atoms with Gasteiger partial charge in [-0.15, -0.1) is 10.2 Å². The monoisotopic (exact) mass is 395 g/mol. The predicted octanol–water partition coefficient (Wildman–Crippen LogP) is 3.10. The topological polar surface area (TPSA) is 80.5 Å². The Morgan fingerprint density at radius 1 is 1.11 bits per heavy atom. The number of rotatable bonds is 6. The first-order valence-electron chi connectivity index (χ1n) is 8.71. The molecule has 0 aliphatic rings. The highest BCUT2D eigenvalue weighted by Gasteiger charge is 2.13. The van der Waals surface area contributed by atoms with E-state index >= 15 is 0 Å². The third kappa shape index (κ3) is 3.34. The van der Waals surface area contributed by atoms with Crippen molar-refractivity contribution in [3.05, 3.63) is 42.5 Å². The average molecular weight is 395 g/mol. The lowest BCUT2D eigenvalue weighted by atomic mass is 10.1. The van der Waals surface area contributed by atoms with Crippen molar-refractivity contribution in [2.75, 3.05) is 32.2 Å². The number of hydrogen-bond donors (Lipinski definition) is 1. The van der Waals surface area contributed by atoms with Gasteiger partial charge >= 0.3 is 0 Å². The summed E-state index contributed by atoms with van der Waals surface area (Å²) in [7, 11) is 5.64. The van der Waals surface area contributed by atoms with E-state index < -0.39 is 0 Å². The maximum Gasteiger partial charge on any atom is 0.237 e. The van der Waals surface area contributed by atoms with Gasteiger partial charge in [-0.25, -0.2) is 4.98 Å². The number of hydrogen-bond acceptors (Lipinski definition) is 8. The van der Waals surface area contributed by atoms with Crippen LogP contribution in [0.15, 0.2) is 36.7 Å². The van der Waals surface area contributed by atoms with E-state index in [4.69, 9.17) is 4.74 Å². The molecular formula is C19H21N7OS. The van der Waals surface area contributed by atoms with Crippen LogP contribution in [-0.4, -0.2) is 56.9 Å². The zero-order chi connectivity index (χ0) is 19.7. The van der Waals surface area contributed by atoms with Crippen molar-refractivity contribution in [2.24, 2.45) is 0 Å². The minimum Gasteiger partial charge on any atom is -0.480 e. The summed E-state index contributed by atoms with van der Waals surface area (Å²) in [5.41, 5.74) is 5.44. The minimum atomic E-state index is 0.565. The summed E-state index contributed by atoms with van der Waals surface area (Å²) in [5, 5.41) is 8.61. The van der Waals surface area contributed by atoms with Crippen LogP contribution in [0, 0.1) is 0 Å². The fourth-order valence-corrected chi connectivity index (χ4v) is 3.50. The molecule has 0 unspecified atom stereocenters. The lowest BCUT2D eigenvalue weighted by Crippen LogP contribution is -2.13. The van der Waals surface area contributed by atoms with Gasteiger partial charge in [0.25, 0.3) is 0 Å². The van der Waals surface area contributed by atoms with E-state index in [0.29, 0.717) is 12.4 Å². The van der Waals surface area contributed by atoms with Crippen molar-refractivity contribution in [3.63, 3.8) is 0 Å². The molecule has 3 heterocycles. The summed E-state index contributed by atoms with van der Waals surface area (Å²) in [6, 6.07) is 8.19. The molecule has 0 spiro atoms. The SMILES string of the molecule is COc1ncc(-c2ccc3ncc4nnc(CN(C)C)n4c3c2)cc1NSC. The maximum absolute atomic E-state index is 5.34. The van der Waals surface area contributed by atoms with Gasteiger partial charge in [0.2, 0.25) is 5.88 Å². The molecule has 0 bridgehead atoms. The molecule has 144 valence electrons. The van der Waals surface area contributed by atoms with E-state index in [1.54, 1.807) is 13.3 Å². The van der Waals surface area contributed by atoms with Gasteiger partial charge in [0.1, 0.15) is 5.69 Å². The van der Waals surface area contributed by atoms with Gasteiger partial charge in [-0.2, -0.15) is 0 Å². The van der Waals surface area contributed by atoms with Gasteiger partial charge in [0, 0.05) is 18.0 Å². The van der Waals surface area contributed by atoms with E-state index in [9.17, 15) is 0 Å². The molecule has 3 aromatic heterocycles. The van der Waals surface area contributed by atoms with Crippen LogP contribution in [0.5, 0.6) is 5.88 Å². The number of methoxy groups -OCH3 is 1. The molecule has 0 atom stereocenters. The van der Waals surface area contributed by atoms with Gasteiger partial charge in [-0.3, -0.25) is 9.38 Å². The van der Waals surface area contributed by atoms with E-state index in [1.165, 1.54) is 11.9 Å². The first kappa shape index (κ1) is 18.5. The summed E-state index contributed by atoms with van der Waals surface area (Å²) in [4.78, 5) is 11.0. The standard InChI is InChI=1S/C19H21N7OS/c1-25(2)11-18-23-22-17-10-20-14-6-5-12(8-16(14)26(17)18)13-7-15(24-28-4)19(27-3)21-9-13/h5-10,24H,11H2,1-4H3. The highest BCUT2D eigenvalue weighted by Crippen LogP contribution is 2.31. The normalized spacial score (nSPS) is 11.5. The molecule has 4 aromatic rings. The summed E-state index contributed by atoms with van der Waals surface area (Å²) in [6.07, 6.45) is 5.53. The molecular weight excluding hydrogens is 374 g/mol. The second-order valence-electron chi connectivity index (χ2n) is 6.60. The van der Waals surface area contributed by atoms with Crippen molar-refractivity contribution < 1.29 is 4.74 Å². The molecule has 28 heavy (non-hydrogen) atoms. The third-order valence-corrected chi connectivity index (χ3v) is 4.76. The van der Waals surface area contributed by atoms with Crippen molar-refractivity contribution in [3.8, 4) is 17.0 Å². The Labute approximate surface area is 167 Å². The molecule has 0 saturated heterocycles. The fourth-order valence-electron chi connectivity index (χ4n) is 3.14. The molecule has 1 N–H and O–H groups in total. The summed E-state index contributed by atoms with van der Waals surface area (Å²) in [5.74, 6) is 1.44. The summed E-state index contributed by atoms with van der Waals surface area (Å²) in [6.45, 7) is 0.691. The molecule has 0 radical (unpaired) electrons. The number of nitrogens with zero attached hydrogens (tertiary/aromatic N) is 6. The summed E-state index contributed by atoms with van der Waals surface area (Å²) < 4.78 is 10.6. The fraction of sp³-hybridized carbons (Fsp3) is 0.263. The van der Waals surface area contributed by atoms with Gasteiger partial charge in [-0.1, -0.05) is 18.0 Å². The van der Waals surface area contributed by atoms with Crippen molar-refractivity contribution in [1.82, 2.24) is 29.5 Å². The first-order chi connectivity index (χ1) is 13.6. The van der Waals surface area contributed by atoms with Crippen LogP contribution in [0.3, 0.4) is 0 Å².